The van der Waals surface area contributed by atoms with Crippen molar-refractivity contribution < 1.29 is 15.0 Å². The number of allylic oxidation sites excluding steroid dienone is 2. The Balaban J connectivity index is 1.30. The first-order valence-corrected chi connectivity index (χ1v) is 17.3. The zero-order valence-electron chi connectivity index (χ0n) is 27.3. The van der Waals surface area contributed by atoms with Crippen LogP contribution >= 0.6 is 0 Å². The summed E-state index contributed by atoms with van der Waals surface area (Å²) in [6, 6.07) is 26.7. The molecule has 7 rings (SSSR count). The van der Waals surface area contributed by atoms with Crippen molar-refractivity contribution in [1.82, 2.24) is 4.90 Å². The average molecular weight is 606 g/mol. The number of hydrogen-bond acceptors (Lipinski definition) is 4. The largest absolute Gasteiger partial charge is 0.393 e. The Morgan fingerprint density at radius 1 is 0.911 bits per heavy atom. The third-order valence-corrected chi connectivity index (χ3v) is 11.5. The van der Waals surface area contributed by atoms with Crippen LogP contribution in [0, 0.1) is 11.3 Å². The number of benzene rings is 3. The van der Waals surface area contributed by atoms with Crippen molar-refractivity contribution in [3.05, 3.63) is 118 Å². The molecule has 2 fully saturated rings. The Bertz CT molecular complexity index is 1480. The molecule has 1 aliphatic heterocycles. The molecule has 1 heterocycles. The number of fused-ring (bicyclic) bond motifs is 8. The van der Waals surface area contributed by atoms with E-state index in [0.717, 1.165) is 81.1 Å². The maximum absolute atomic E-state index is 14.1. The molecular formula is C41H51NO3. The lowest BCUT2D eigenvalue weighted by Crippen LogP contribution is -2.53. The standard InChI is InChI=1S/C41H51NO3/c1-30-10-9-22-40(2)38(19-23-41(40,45)29-42-24-20-32(21-25-42)26-31-11-5-3-6-12-31)36-18-16-33(27-35(43)17-15-30)28-37(36)39(44)34-13-7-4-8-14-34/h3-8,10-14,16,18,28,32,35,38,43,45H,9,15,17,19-27,29H2,1-2H3. The summed E-state index contributed by atoms with van der Waals surface area (Å²) in [5.41, 5.74) is 4.97. The minimum absolute atomic E-state index is 0.0306. The summed E-state index contributed by atoms with van der Waals surface area (Å²) in [5.74, 6) is 0.788. The van der Waals surface area contributed by atoms with Crippen LogP contribution in [0.25, 0.3) is 0 Å². The second-order valence-corrected chi connectivity index (χ2v) is 14.6. The zero-order chi connectivity index (χ0) is 31.4. The van der Waals surface area contributed by atoms with Crippen LogP contribution in [0.4, 0.5) is 0 Å². The van der Waals surface area contributed by atoms with E-state index in [0.29, 0.717) is 30.9 Å². The second-order valence-electron chi connectivity index (χ2n) is 14.6. The summed E-state index contributed by atoms with van der Waals surface area (Å²) in [6.07, 6.45) is 10.8. The average Bonchev–Trinajstić information content (AvgIpc) is 3.30. The molecule has 1 saturated carbocycles. The number of likely N-dealkylation sites (tertiary alicyclic amines) is 1. The maximum Gasteiger partial charge on any atom is 0.193 e. The van der Waals surface area contributed by atoms with E-state index in [4.69, 9.17) is 0 Å². The smallest absolute Gasteiger partial charge is 0.193 e. The van der Waals surface area contributed by atoms with Gasteiger partial charge in [-0.25, -0.2) is 0 Å². The first kappa shape index (κ1) is 31.9. The van der Waals surface area contributed by atoms with Gasteiger partial charge in [0.2, 0.25) is 0 Å². The fraction of sp³-hybridized carbons (Fsp3) is 0.488. The maximum atomic E-state index is 14.1. The molecule has 4 heteroatoms. The summed E-state index contributed by atoms with van der Waals surface area (Å²) < 4.78 is 0. The van der Waals surface area contributed by atoms with Crippen LogP contribution in [0.15, 0.2) is 90.5 Å². The molecule has 2 N–H and O–H groups in total. The molecule has 3 aromatic rings. The lowest BCUT2D eigenvalue weighted by molar-refractivity contribution is -0.0873. The molecule has 0 amide bonds. The molecule has 4 nitrogen and oxygen atoms in total. The van der Waals surface area contributed by atoms with Crippen molar-refractivity contribution in [3.8, 4) is 0 Å². The van der Waals surface area contributed by atoms with Gasteiger partial charge in [-0.1, -0.05) is 91.4 Å². The Morgan fingerprint density at radius 2 is 1.62 bits per heavy atom. The molecule has 2 bridgehead atoms. The Kier molecular flexibility index (Phi) is 9.75. The topological polar surface area (TPSA) is 60.8 Å². The van der Waals surface area contributed by atoms with Gasteiger partial charge in [-0.05, 0) is 119 Å². The van der Waals surface area contributed by atoms with Gasteiger partial charge in [-0.2, -0.15) is 0 Å². The van der Waals surface area contributed by atoms with E-state index in [-0.39, 0.29) is 17.1 Å². The number of carbonyl (C=O) groups is 1. The molecule has 1 saturated heterocycles. The predicted octanol–water partition coefficient (Wildman–Crippen LogP) is 7.91. The lowest BCUT2D eigenvalue weighted by Gasteiger charge is -2.47. The number of nitrogens with zero attached hydrogens (tertiary/aromatic N) is 1. The van der Waals surface area contributed by atoms with Crippen LogP contribution in [0.1, 0.15) is 104 Å². The van der Waals surface area contributed by atoms with E-state index in [2.05, 4.69) is 67.3 Å². The number of hydrogen-bond donors (Lipinski definition) is 2. The molecular weight excluding hydrogens is 554 g/mol. The fourth-order valence-electron chi connectivity index (χ4n) is 8.61. The number of rotatable bonds is 6. The Morgan fingerprint density at radius 3 is 2.36 bits per heavy atom. The number of β-amino-alcohol motifs (C(OH)–C–C–N with tert-alkyl or cyclic N) is 1. The summed E-state index contributed by atoms with van der Waals surface area (Å²) in [6.45, 7) is 7.20. The summed E-state index contributed by atoms with van der Waals surface area (Å²) >= 11 is 0. The zero-order valence-corrected chi connectivity index (χ0v) is 27.3. The van der Waals surface area contributed by atoms with Crippen LogP contribution in [0.3, 0.4) is 0 Å². The van der Waals surface area contributed by atoms with Crippen molar-refractivity contribution in [1.29, 1.82) is 0 Å². The highest BCUT2D eigenvalue weighted by molar-refractivity contribution is 6.10. The van der Waals surface area contributed by atoms with E-state index in [9.17, 15) is 15.0 Å². The fourth-order valence-corrected chi connectivity index (χ4v) is 8.61. The number of carbonyl (C=O) groups excluding carboxylic acids is 1. The molecule has 45 heavy (non-hydrogen) atoms. The number of aliphatic hydroxyl groups is 2. The van der Waals surface area contributed by atoms with Crippen molar-refractivity contribution in [3.63, 3.8) is 0 Å². The highest BCUT2D eigenvalue weighted by Crippen LogP contribution is 2.59. The van der Waals surface area contributed by atoms with Gasteiger partial charge in [0, 0.05) is 23.1 Å². The summed E-state index contributed by atoms with van der Waals surface area (Å²) in [7, 11) is 0. The van der Waals surface area contributed by atoms with Gasteiger partial charge in [0.1, 0.15) is 0 Å². The summed E-state index contributed by atoms with van der Waals surface area (Å²) in [4.78, 5) is 16.6. The van der Waals surface area contributed by atoms with Crippen LogP contribution in [0.2, 0.25) is 0 Å². The molecule has 0 spiro atoms. The molecule has 0 aromatic heterocycles. The van der Waals surface area contributed by atoms with Crippen molar-refractivity contribution in [2.24, 2.45) is 11.3 Å². The van der Waals surface area contributed by atoms with Gasteiger partial charge in [0.05, 0.1) is 11.7 Å². The normalized spacial score (nSPS) is 28.3. The van der Waals surface area contributed by atoms with E-state index in [1.807, 2.05) is 36.4 Å². The van der Waals surface area contributed by atoms with Crippen LogP contribution in [-0.4, -0.2) is 52.2 Å². The molecule has 4 atom stereocenters. The van der Waals surface area contributed by atoms with Gasteiger partial charge >= 0.3 is 0 Å². The predicted molar refractivity (Wildman–Crippen MR) is 183 cm³/mol. The SMILES string of the molecule is CC1=CCCC2(C)C(CCC2(O)CN2CCC(Cc3ccccc3)CC2)c2ccc(cc2C(=O)c2ccccc2)CC(O)CC1. The van der Waals surface area contributed by atoms with E-state index in [1.54, 1.807) is 0 Å². The van der Waals surface area contributed by atoms with E-state index < -0.39 is 11.7 Å². The molecule has 4 aliphatic rings. The molecule has 0 radical (unpaired) electrons. The third kappa shape index (κ3) is 7.04. The quantitative estimate of drug-likeness (QED) is 0.221. The number of aliphatic hydroxyl groups excluding tert-OH is 1. The van der Waals surface area contributed by atoms with Gasteiger partial charge in [0.25, 0.3) is 0 Å². The molecule has 3 aliphatic carbocycles. The second kappa shape index (κ2) is 13.7. The number of ketones is 1. The number of piperidine rings is 1. The van der Waals surface area contributed by atoms with Crippen molar-refractivity contribution in [2.45, 2.75) is 95.7 Å². The first-order valence-electron chi connectivity index (χ1n) is 17.3. The summed E-state index contributed by atoms with van der Waals surface area (Å²) in [5, 5.41) is 23.6. The molecule has 238 valence electrons. The third-order valence-electron chi connectivity index (χ3n) is 11.5. The highest BCUT2D eigenvalue weighted by atomic mass is 16.3. The molecule has 3 aromatic carbocycles. The van der Waals surface area contributed by atoms with Crippen LogP contribution in [-0.2, 0) is 12.8 Å². The van der Waals surface area contributed by atoms with Gasteiger partial charge in [0.15, 0.2) is 5.78 Å². The van der Waals surface area contributed by atoms with E-state index >= 15 is 0 Å². The Labute approximate surface area is 270 Å². The van der Waals surface area contributed by atoms with Crippen LogP contribution in [0.5, 0.6) is 0 Å². The van der Waals surface area contributed by atoms with Crippen molar-refractivity contribution in [2.75, 3.05) is 19.6 Å². The monoisotopic (exact) mass is 605 g/mol. The highest BCUT2D eigenvalue weighted by Gasteiger charge is 2.57. The Hall–Kier alpha value is -3.05. The minimum atomic E-state index is -0.843. The van der Waals surface area contributed by atoms with E-state index in [1.165, 1.54) is 11.1 Å². The van der Waals surface area contributed by atoms with Crippen LogP contribution < -0.4 is 0 Å². The van der Waals surface area contributed by atoms with Gasteiger partial charge in [-0.3, -0.25) is 4.79 Å². The lowest BCUT2D eigenvalue weighted by atomic mass is 9.64. The molecule has 4 unspecified atom stereocenters. The van der Waals surface area contributed by atoms with Gasteiger partial charge < -0.3 is 15.1 Å². The minimum Gasteiger partial charge on any atom is -0.393 e. The van der Waals surface area contributed by atoms with Crippen molar-refractivity contribution >= 4 is 5.78 Å². The first-order chi connectivity index (χ1) is 21.7. The van der Waals surface area contributed by atoms with Gasteiger partial charge in [-0.15, -0.1) is 0 Å².